The van der Waals surface area contributed by atoms with Crippen molar-refractivity contribution < 1.29 is 13.9 Å². The number of amides is 1. The molecule has 27 heavy (non-hydrogen) atoms. The predicted octanol–water partition coefficient (Wildman–Crippen LogP) is 4.62. The van der Waals surface area contributed by atoms with Gasteiger partial charge in [-0.15, -0.1) is 0 Å². The molecule has 1 atom stereocenters. The Hall–Kier alpha value is -3.15. The third-order valence-electron chi connectivity index (χ3n) is 4.78. The van der Waals surface area contributed by atoms with Gasteiger partial charge in [0.25, 0.3) is 0 Å². The minimum atomic E-state index is -0.294. The van der Waals surface area contributed by atoms with E-state index >= 15 is 0 Å². The van der Waals surface area contributed by atoms with E-state index in [0.29, 0.717) is 11.5 Å². The van der Waals surface area contributed by atoms with E-state index in [2.05, 4.69) is 5.10 Å². The Balaban J connectivity index is 1.55. The van der Waals surface area contributed by atoms with Crippen molar-refractivity contribution in [2.75, 3.05) is 6.54 Å². The fourth-order valence-corrected chi connectivity index (χ4v) is 3.48. The fraction of sp³-hybridized carbons (Fsp3) is 0.238. The van der Waals surface area contributed by atoms with Gasteiger partial charge in [0, 0.05) is 25.2 Å². The number of likely N-dealkylation sites (tertiary alicyclic amines) is 1. The zero-order chi connectivity index (χ0) is 18.8. The molecule has 1 unspecified atom stereocenters. The molecule has 3 aromatic rings. The number of halogens is 1. The number of carbonyl (C=O) groups is 1. The number of hydrogen-bond acceptors (Lipinski definition) is 3. The van der Waals surface area contributed by atoms with Crippen LogP contribution >= 0.6 is 0 Å². The highest BCUT2D eigenvalue weighted by molar-refractivity contribution is 5.73. The van der Waals surface area contributed by atoms with Gasteiger partial charge in [-0.25, -0.2) is 9.07 Å². The first-order chi connectivity index (χ1) is 13.1. The molecule has 6 heteroatoms. The maximum atomic E-state index is 13.0. The normalized spacial score (nSPS) is 16.5. The summed E-state index contributed by atoms with van der Waals surface area (Å²) < 4.78 is 20.7. The summed E-state index contributed by atoms with van der Waals surface area (Å²) in [6.45, 7) is 2.37. The number of hydrogen-bond donors (Lipinski definition) is 0. The first-order valence-corrected chi connectivity index (χ1v) is 8.96. The molecule has 138 valence electrons. The summed E-state index contributed by atoms with van der Waals surface area (Å²) in [7, 11) is 0. The number of rotatable bonds is 4. The zero-order valence-corrected chi connectivity index (χ0v) is 15.0. The van der Waals surface area contributed by atoms with Crippen LogP contribution < -0.4 is 4.74 Å². The summed E-state index contributed by atoms with van der Waals surface area (Å²) in [5.74, 6) is 1.03. The van der Waals surface area contributed by atoms with Crippen LogP contribution in [0.25, 0.3) is 11.3 Å². The Morgan fingerprint density at radius 3 is 2.41 bits per heavy atom. The first kappa shape index (κ1) is 17.3. The van der Waals surface area contributed by atoms with Gasteiger partial charge >= 0.3 is 0 Å². The Labute approximate surface area is 157 Å². The summed E-state index contributed by atoms with van der Waals surface area (Å²) in [5, 5.41) is 4.46. The molecule has 1 amide bonds. The minimum absolute atomic E-state index is 0.0392. The molecular weight excluding hydrogens is 345 g/mol. The van der Waals surface area contributed by atoms with Gasteiger partial charge in [-0.1, -0.05) is 0 Å². The van der Waals surface area contributed by atoms with Gasteiger partial charge in [-0.2, -0.15) is 5.10 Å². The zero-order valence-electron chi connectivity index (χ0n) is 15.0. The molecule has 1 aliphatic heterocycles. The second-order valence-electron chi connectivity index (χ2n) is 6.58. The van der Waals surface area contributed by atoms with E-state index in [4.69, 9.17) is 4.74 Å². The summed E-state index contributed by atoms with van der Waals surface area (Å²) in [6.07, 6.45) is 3.60. The van der Waals surface area contributed by atoms with Gasteiger partial charge in [0.15, 0.2) is 0 Å². The highest BCUT2D eigenvalue weighted by atomic mass is 19.1. The number of carbonyl (C=O) groups excluding carboxylic acids is 1. The quantitative estimate of drug-likeness (QED) is 0.678. The van der Waals surface area contributed by atoms with Gasteiger partial charge in [0.2, 0.25) is 5.91 Å². The lowest BCUT2D eigenvalue weighted by molar-refractivity contribution is -0.131. The molecule has 0 aliphatic carbocycles. The molecule has 0 bridgehead atoms. The van der Waals surface area contributed by atoms with Crippen LogP contribution in [-0.4, -0.2) is 27.1 Å². The first-order valence-electron chi connectivity index (χ1n) is 8.96. The Kier molecular flexibility index (Phi) is 4.62. The van der Waals surface area contributed by atoms with Crippen molar-refractivity contribution in [2.24, 2.45) is 0 Å². The number of aromatic nitrogens is 2. The van der Waals surface area contributed by atoms with Crippen molar-refractivity contribution in [3.63, 3.8) is 0 Å². The van der Waals surface area contributed by atoms with E-state index in [1.807, 2.05) is 39.9 Å². The van der Waals surface area contributed by atoms with Crippen LogP contribution in [0.1, 0.15) is 25.9 Å². The number of benzene rings is 2. The predicted molar refractivity (Wildman–Crippen MR) is 99.8 cm³/mol. The van der Waals surface area contributed by atoms with Crippen LogP contribution in [0.15, 0.2) is 60.8 Å². The van der Waals surface area contributed by atoms with Gasteiger partial charge in [-0.3, -0.25) is 4.79 Å². The average Bonchev–Trinajstić information content (AvgIpc) is 3.33. The van der Waals surface area contributed by atoms with Crippen LogP contribution in [0.5, 0.6) is 11.5 Å². The van der Waals surface area contributed by atoms with E-state index < -0.39 is 0 Å². The van der Waals surface area contributed by atoms with Crippen LogP contribution in [0, 0.1) is 5.82 Å². The molecule has 1 fully saturated rings. The molecule has 2 aromatic carbocycles. The lowest BCUT2D eigenvalue weighted by atomic mass is 10.1. The molecule has 0 radical (unpaired) electrons. The molecule has 2 heterocycles. The second-order valence-corrected chi connectivity index (χ2v) is 6.58. The maximum absolute atomic E-state index is 13.0. The molecular formula is C21H20FN3O2. The maximum Gasteiger partial charge on any atom is 0.221 e. The van der Waals surface area contributed by atoms with Gasteiger partial charge < -0.3 is 9.64 Å². The molecule has 1 aromatic heterocycles. The molecule has 0 saturated carbocycles. The van der Waals surface area contributed by atoms with E-state index in [0.717, 1.165) is 30.6 Å². The minimum Gasteiger partial charge on any atom is -0.457 e. The third-order valence-corrected chi connectivity index (χ3v) is 4.78. The summed E-state index contributed by atoms with van der Waals surface area (Å²) in [6, 6.07) is 15.5. The third kappa shape index (κ3) is 3.56. The van der Waals surface area contributed by atoms with Crippen molar-refractivity contribution in [3.05, 3.63) is 66.6 Å². The van der Waals surface area contributed by atoms with Gasteiger partial charge in [0.05, 0.1) is 5.69 Å². The molecule has 4 rings (SSSR count). The van der Waals surface area contributed by atoms with Crippen molar-refractivity contribution in [2.45, 2.75) is 25.9 Å². The van der Waals surface area contributed by atoms with Crippen molar-refractivity contribution in [1.29, 1.82) is 0 Å². The van der Waals surface area contributed by atoms with Crippen LogP contribution in [-0.2, 0) is 4.79 Å². The monoisotopic (exact) mass is 365 g/mol. The number of nitrogens with zero attached hydrogens (tertiary/aromatic N) is 3. The lowest BCUT2D eigenvalue weighted by Gasteiger charge is -2.25. The SMILES string of the molecule is CC(=O)N1CCCC1n1nccc1-c1ccc(Oc2ccc(F)cc2)cc1. The smallest absolute Gasteiger partial charge is 0.221 e. The van der Waals surface area contributed by atoms with Crippen molar-refractivity contribution in [1.82, 2.24) is 14.7 Å². The highest BCUT2D eigenvalue weighted by Crippen LogP contribution is 2.32. The summed E-state index contributed by atoms with van der Waals surface area (Å²) >= 11 is 0. The van der Waals surface area contributed by atoms with Crippen molar-refractivity contribution in [3.8, 4) is 22.8 Å². The average molecular weight is 365 g/mol. The van der Waals surface area contributed by atoms with Crippen molar-refractivity contribution >= 4 is 5.91 Å². The lowest BCUT2D eigenvalue weighted by Crippen LogP contribution is -2.32. The molecule has 1 saturated heterocycles. The topological polar surface area (TPSA) is 47.4 Å². The van der Waals surface area contributed by atoms with Crippen LogP contribution in [0.2, 0.25) is 0 Å². The largest absolute Gasteiger partial charge is 0.457 e. The molecule has 1 aliphatic rings. The molecule has 5 nitrogen and oxygen atoms in total. The Morgan fingerprint density at radius 1 is 1.07 bits per heavy atom. The summed E-state index contributed by atoms with van der Waals surface area (Å²) in [5.41, 5.74) is 1.95. The molecule has 0 N–H and O–H groups in total. The van der Waals surface area contributed by atoms with E-state index in [9.17, 15) is 9.18 Å². The van der Waals surface area contributed by atoms with E-state index in [-0.39, 0.29) is 17.9 Å². The van der Waals surface area contributed by atoms with Crippen LogP contribution in [0.4, 0.5) is 4.39 Å². The van der Waals surface area contributed by atoms with E-state index in [1.54, 1.807) is 25.3 Å². The fourth-order valence-electron chi connectivity index (χ4n) is 3.48. The Morgan fingerprint density at radius 2 is 1.74 bits per heavy atom. The second kappa shape index (κ2) is 7.23. The summed E-state index contributed by atoms with van der Waals surface area (Å²) in [4.78, 5) is 13.7. The van der Waals surface area contributed by atoms with Gasteiger partial charge in [0.1, 0.15) is 23.5 Å². The van der Waals surface area contributed by atoms with Crippen LogP contribution in [0.3, 0.4) is 0 Å². The highest BCUT2D eigenvalue weighted by Gasteiger charge is 2.29. The van der Waals surface area contributed by atoms with E-state index in [1.165, 1.54) is 12.1 Å². The van der Waals surface area contributed by atoms with Gasteiger partial charge in [-0.05, 0) is 67.4 Å². The number of ether oxygens (including phenoxy) is 1. The standard InChI is InChI=1S/C21H20FN3O2/c1-15(26)24-14-2-3-21(24)25-20(12-13-23-25)16-4-8-18(9-5-16)27-19-10-6-17(22)7-11-19/h4-13,21H,2-3,14H2,1H3. The Bertz CT molecular complexity index is 935. The molecule has 0 spiro atoms.